The third-order valence-corrected chi connectivity index (χ3v) is 8.95. The second kappa shape index (κ2) is 11.6. The van der Waals surface area contributed by atoms with E-state index in [0.717, 1.165) is 50.8 Å². The summed E-state index contributed by atoms with van der Waals surface area (Å²) in [5.74, 6) is 6.97. The first-order valence-electron chi connectivity index (χ1n) is 12.0. The zero-order valence-electron chi connectivity index (χ0n) is 20.5. The monoisotopic (exact) mass is 521 g/mol. The Bertz CT molecular complexity index is 1290. The van der Waals surface area contributed by atoms with Crippen LogP contribution in [0.25, 0.3) is 9.75 Å². The molecule has 0 aliphatic heterocycles. The Kier molecular flexibility index (Phi) is 8.34. The first kappa shape index (κ1) is 25.8. The predicted octanol–water partition coefficient (Wildman–Crippen LogP) is 5.39. The topological polar surface area (TPSA) is 108 Å². The zero-order valence-corrected chi connectivity index (χ0v) is 22.1. The Morgan fingerprint density at radius 2 is 1.75 bits per heavy atom. The van der Waals surface area contributed by atoms with Gasteiger partial charge in [0, 0.05) is 34.8 Å². The molecule has 4 rings (SSSR count). The molecule has 1 aromatic carbocycles. The number of nitrogens with zero attached hydrogens (tertiary/aromatic N) is 1. The molecule has 0 unspecified atom stereocenters. The molecular weight excluding hydrogens is 490 g/mol. The highest BCUT2D eigenvalue weighted by Gasteiger charge is 2.32. The van der Waals surface area contributed by atoms with Crippen LogP contribution >= 0.6 is 22.7 Å². The summed E-state index contributed by atoms with van der Waals surface area (Å²) in [7, 11) is 1.64. The second-order valence-corrected chi connectivity index (χ2v) is 11.3. The van der Waals surface area contributed by atoms with Gasteiger partial charge < -0.3 is 21.3 Å². The maximum Gasteiger partial charge on any atom is 0.188 e. The molecule has 0 bridgehead atoms. The van der Waals surface area contributed by atoms with Gasteiger partial charge in [-0.25, -0.2) is 0 Å². The number of guanidine groups is 1. The molecule has 6 nitrogen and oxygen atoms in total. The number of carbonyl (C=O) groups excluding carboxylic acids is 1. The van der Waals surface area contributed by atoms with Gasteiger partial charge in [0.1, 0.15) is 11.5 Å². The van der Waals surface area contributed by atoms with Crippen LogP contribution in [-0.2, 0) is 6.42 Å². The largest absolute Gasteiger partial charge is 0.508 e. The van der Waals surface area contributed by atoms with Crippen LogP contribution in [0.2, 0.25) is 0 Å². The van der Waals surface area contributed by atoms with E-state index in [4.69, 9.17) is 5.73 Å². The van der Waals surface area contributed by atoms with E-state index in [0.29, 0.717) is 18.3 Å². The second-order valence-electron chi connectivity index (χ2n) is 9.10. The fraction of sp³-hybridized carbons (Fsp3) is 0.357. The van der Waals surface area contributed by atoms with Gasteiger partial charge in [0.05, 0.1) is 9.75 Å². The van der Waals surface area contributed by atoms with E-state index in [1.165, 1.54) is 6.07 Å². The summed E-state index contributed by atoms with van der Waals surface area (Å²) in [6.45, 7) is 1.83. The average Bonchev–Trinajstić information content (AvgIpc) is 3.53. The lowest BCUT2D eigenvalue weighted by Crippen LogP contribution is -2.46. The van der Waals surface area contributed by atoms with Gasteiger partial charge in [-0.3, -0.25) is 9.79 Å². The fourth-order valence-electron chi connectivity index (χ4n) is 4.87. The molecule has 0 radical (unpaired) electrons. The number of benzene rings is 1. The summed E-state index contributed by atoms with van der Waals surface area (Å²) in [6, 6.07) is 12.7. The normalized spacial score (nSPS) is 18.8. The number of hydrogen-bond acceptors (Lipinski definition) is 6. The fourth-order valence-corrected chi connectivity index (χ4v) is 6.89. The summed E-state index contributed by atoms with van der Waals surface area (Å²) in [5.41, 5.74) is 6.81. The molecule has 1 atom stereocenters. The minimum absolute atomic E-state index is 0.0141. The molecule has 0 amide bonds. The molecule has 1 saturated carbocycles. The molecule has 2 aromatic heterocycles. The maximum atomic E-state index is 13.3. The number of ketones is 1. The summed E-state index contributed by atoms with van der Waals surface area (Å²) in [5, 5.41) is 23.1. The average molecular weight is 522 g/mol. The van der Waals surface area contributed by atoms with Crippen molar-refractivity contribution in [3.63, 3.8) is 0 Å². The molecular formula is C28H31N3O3S2. The van der Waals surface area contributed by atoms with Gasteiger partial charge in [-0.05, 0) is 86.9 Å². The van der Waals surface area contributed by atoms with E-state index in [1.807, 2.05) is 25.1 Å². The van der Waals surface area contributed by atoms with Crippen molar-refractivity contribution in [2.45, 2.75) is 45.1 Å². The Balaban J connectivity index is 1.41. The summed E-state index contributed by atoms with van der Waals surface area (Å²) in [6.07, 6.45) is 3.99. The number of phenols is 2. The van der Waals surface area contributed by atoms with Gasteiger partial charge >= 0.3 is 0 Å². The first-order valence-corrected chi connectivity index (χ1v) is 13.7. The molecule has 0 spiro atoms. The number of rotatable bonds is 7. The van der Waals surface area contributed by atoms with E-state index in [2.05, 4.69) is 28.2 Å². The highest BCUT2D eigenvalue weighted by molar-refractivity contribution is 7.23. The molecule has 2 heterocycles. The van der Waals surface area contributed by atoms with Crippen LogP contribution in [-0.4, -0.2) is 35.0 Å². The van der Waals surface area contributed by atoms with E-state index in [1.54, 1.807) is 41.9 Å². The maximum absolute atomic E-state index is 13.3. The Morgan fingerprint density at radius 3 is 2.42 bits per heavy atom. The molecule has 188 valence electrons. The quantitative estimate of drug-likeness (QED) is 0.144. The van der Waals surface area contributed by atoms with Gasteiger partial charge in [0.25, 0.3) is 0 Å². The molecule has 1 aliphatic carbocycles. The van der Waals surface area contributed by atoms with Crippen LogP contribution in [0.15, 0.2) is 47.5 Å². The van der Waals surface area contributed by atoms with Crippen molar-refractivity contribution >= 4 is 34.4 Å². The predicted molar refractivity (Wildman–Crippen MR) is 148 cm³/mol. The minimum atomic E-state index is -0.0152. The van der Waals surface area contributed by atoms with Crippen LogP contribution in [0.5, 0.6) is 11.5 Å². The van der Waals surface area contributed by atoms with Crippen molar-refractivity contribution in [1.29, 1.82) is 0 Å². The zero-order chi connectivity index (χ0) is 25.7. The van der Waals surface area contributed by atoms with Gasteiger partial charge in [-0.15, -0.1) is 28.6 Å². The van der Waals surface area contributed by atoms with Crippen molar-refractivity contribution in [2.24, 2.45) is 22.6 Å². The molecule has 1 fully saturated rings. The van der Waals surface area contributed by atoms with Gasteiger partial charge in [-0.2, -0.15) is 0 Å². The number of Topliss-reactive ketones (excluding diaryl/α,β-unsaturated/α-hetero) is 1. The van der Waals surface area contributed by atoms with Crippen molar-refractivity contribution in [1.82, 2.24) is 5.32 Å². The summed E-state index contributed by atoms with van der Waals surface area (Å²) >= 11 is 3.21. The van der Waals surface area contributed by atoms with E-state index >= 15 is 0 Å². The number of thiophene rings is 2. The van der Waals surface area contributed by atoms with Crippen LogP contribution in [0.1, 0.15) is 52.7 Å². The van der Waals surface area contributed by atoms with Crippen molar-refractivity contribution in [3.8, 4) is 33.1 Å². The Hall–Kier alpha value is -3.28. The number of aromatic hydroxyl groups is 2. The van der Waals surface area contributed by atoms with E-state index in [9.17, 15) is 15.0 Å². The van der Waals surface area contributed by atoms with Crippen LogP contribution < -0.4 is 11.1 Å². The number of nitrogens with one attached hydrogen (secondary N) is 1. The number of hydrogen-bond donors (Lipinski definition) is 4. The standard InChI is InChI=1S/C28H31N3O3S2/c1-3-4-22-9-10-24(35-22)25-11-12-26(36-25)27(34)19-7-5-18(6-8-19)23(31-28(29)30-2)15-17-13-20(32)16-21(33)14-17/h9-14,16,18-19,23,32-33H,5-8,15H2,1-2H3,(H3,29,30,31)/t18?,19?,23-/m1/s1. The molecule has 0 saturated heterocycles. The Labute approximate surface area is 219 Å². The lowest BCUT2D eigenvalue weighted by Gasteiger charge is -2.34. The third kappa shape index (κ3) is 6.28. The van der Waals surface area contributed by atoms with Crippen molar-refractivity contribution < 1.29 is 15.0 Å². The molecule has 8 heteroatoms. The molecule has 5 N–H and O–H groups in total. The Morgan fingerprint density at radius 1 is 1.08 bits per heavy atom. The van der Waals surface area contributed by atoms with Crippen LogP contribution in [0.4, 0.5) is 0 Å². The molecule has 36 heavy (non-hydrogen) atoms. The van der Waals surface area contributed by atoms with Gasteiger partial charge in [0.15, 0.2) is 11.7 Å². The lowest BCUT2D eigenvalue weighted by molar-refractivity contribution is 0.0867. The lowest BCUT2D eigenvalue weighted by atomic mass is 9.75. The van der Waals surface area contributed by atoms with Crippen LogP contribution in [0.3, 0.4) is 0 Å². The third-order valence-electron chi connectivity index (χ3n) is 6.65. The smallest absolute Gasteiger partial charge is 0.188 e. The molecule has 1 aliphatic rings. The highest BCUT2D eigenvalue weighted by atomic mass is 32.1. The number of nitrogens with two attached hydrogens (primary N) is 1. The van der Waals surface area contributed by atoms with E-state index < -0.39 is 0 Å². The van der Waals surface area contributed by atoms with Gasteiger partial charge in [0.2, 0.25) is 0 Å². The van der Waals surface area contributed by atoms with Crippen molar-refractivity contribution in [3.05, 3.63) is 57.8 Å². The van der Waals surface area contributed by atoms with E-state index in [-0.39, 0.29) is 29.2 Å². The number of phenolic OH excluding ortho intramolecular Hbond substituents is 2. The summed E-state index contributed by atoms with van der Waals surface area (Å²) in [4.78, 5) is 21.4. The minimum Gasteiger partial charge on any atom is -0.508 e. The van der Waals surface area contributed by atoms with Gasteiger partial charge in [-0.1, -0.05) is 5.92 Å². The molecule has 3 aromatic rings. The van der Waals surface area contributed by atoms with Crippen LogP contribution in [0, 0.1) is 23.7 Å². The SMILES string of the molecule is CC#Cc1ccc(-c2ccc(C(=O)C3CCC([C@@H](Cc4cc(O)cc(O)c4)NC(N)=NC)CC3)s2)s1. The first-order chi connectivity index (χ1) is 17.4. The highest BCUT2D eigenvalue weighted by Crippen LogP contribution is 2.38. The number of aliphatic imine (C=N–C) groups is 1. The van der Waals surface area contributed by atoms with Crippen molar-refractivity contribution in [2.75, 3.05) is 7.05 Å². The summed E-state index contributed by atoms with van der Waals surface area (Å²) < 4.78 is 0. The number of carbonyl (C=O) groups is 1.